The van der Waals surface area contributed by atoms with Crippen LogP contribution in [-0.2, 0) is 20.7 Å². The second-order valence-electron chi connectivity index (χ2n) is 5.01. The monoisotopic (exact) mass is 331 g/mol. The second-order valence-corrected chi connectivity index (χ2v) is 5.45. The fourth-order valence-corrected chi connectivity index (χ4v) is 2.20. The number of hydrogen-bond donors (Lipinski definition) is 1. The molecule has 0 aromatic heterocycles. The third kappa shape index (κ3) is 6.53. The van der Waals surface area contributed by atoms with Gasteiger partial charge in [-0.2, -0.15) is 0 Å². The molecule has 120 valence electrons. The molecule has 0 radical (unpaired) electrons. The number of halogens is 1. The van der Waals surface area contributed by atoms with E-state index >= 15 is 0 Å². The van der Waals surface area contributed by atoms with E-state index in [2.05, 4.69) is 5.32 Å². The minimum atomic E-state index is -0.373. The number of benzene rings is 2. The molecule has 0 unspecified atom stereocenters. The van der Waals surface area contributed by atoms with Gasteiger partial charge in [0.25, 0.3) is 0 Å². The van der Waals surface area contributed by atoms with Crippen LogP contribution in [0.25, 0.3) is 0 Å². The molecule has 2 rings (SSSR count). The highest BCUT2D eigenvalue weighted by Gasteiger charge is 2.08. The summed E-state index contributed by atoms with van der Waals surface area (Å²) in [6.45, 7) is 0.318. The lowest BCUT2D eigenvalue weighted by Gasteiger charge is -2.06. The van der Waals surface area contributed by atoms with E-state index in [1.165, 1.54) is 0 Å². The van der Waals surface area contributed by atoms with Gasteiger partial charge >= 0.3 is 5.97 Å². The maximum absolute atomic E-state index is 11.8. The van der Waals surface area contributed by atoms with Gasteiger partial charge < -0.3 is 10.1 Å². The van der Waals surface area contributed by atoms with Gasteiger partial charge in [-0.25, -0.2) is 0 Å². The van der Waals surface area contributed by atoms with Crippen molar-refractivity contribution in [1.29, 1.82) is 0 Å². The van der Waals surface area contributed by atoms with E-state index in [9.17, 15) is 9.59 Å². The predicted octanol–water partition coefficient (Wildman–Crippen LogP) is 3.84. The molecule has 1 N–H and O–H groups in total. The average molecular weight is 332 g/mol. The van der Waals surface area contributed by atoms with Crippen LogP contribution < -0.4 is 5.32 Å². The first-order valence-electron chi connectivity index (χ1n) is 7.38. The van der Waals surface area contributed by atoms with Gasteiger partial charge in [0.15, 0.2) is 0 Å². The molecule has 0 spiro atoms. The summed E-state index contributed by atoms with van der Waals surface area (Å²) in [6, 6.07) is 16.6. The van der Waals surface area contributed by atoms with Crippen molar-refractivity contribution in [3.05, 3.63) is 65.2 Å². The Morgan fingerprint density at radius 2 is 1.78 bits per heavy atom. The first kappa shape index (κ1) is 17.0. The third-order valence-corrected chi connectivity index (χ3v) is 3.40. The minimum absolute atomic E-state index is 0.0567. The fourth-order valence-electron chi connectivity index (χ4n) is 2.00. The molecular weight excluding hydrogens is 314 g/mol. The van der Waals surface area contributed by atoms with Gasteiger partial charge in [-0.1, -0.05) is 48.0 Å². The summed E-state index contributed by atoms with van der Waals surface area (Å²) < 4.78 is 5.13. The van der Waals surface area contributed by atoms with Crippen molar-refractivity contribution < 1.29 is 14.3 Å². The van der Waals surface area contributed by atoms with Gasteiger partial charge in [0.2, 0.25) is 5.91 Å². The third-order valence-electron chi connectivity index (χ3n) is 3.16. The van der Waals surface area contributed by atoms with Gasteiger partial charge in [-0.15, -0.1) is 0 Å². The molecule has 0 aliphatic rings. The zero-order chi connectivity index (χ0) is 16.5. The number of anilines is 1. The lowest BCUT2D eigenvalue weighted by molar-refractivity contribution is -0.144. The molecule has 2 aromatic carbocycles. The average Bonchev–Trinajstić information content (AvgIpc) is 2.54. The molecule has 0 fully saturated rings. The first-order valence-corrected chi connectivity index (χ1v) is 7.76. The summed E-state index contributed by atoms with van der Waals surface area (Å²) in [7, 11) is 0. The molecule has 0 saturated carbocycles. The topological polar surface area (TPSA) is 55.4 Å². The lowest BCUT2D eigenvalue weighted by atomic mass is 10.2. The number of ether oxygens (including phenoxy) is 1. The summed E-state index contributed by atoms with van der Waals surface area (Å²) in [5, 5.41) is 3.23. The predicted molar refractivity (Wildman–Crippen MR) is 90.4 cm³/mol. The van der Waals surface area contributed by atoms with E-state index in [1.54, 1.807) is 24.3 Å². The van der Waals surface area contributed by atoms with Crippen molar-refractivity contribution in [2.24, 2.45) is 0 Å². The fraction of sp³-hybridized carbons (Fsp3) is 0.222. The summed E-state index contributed by atoms with van der Waals surface area (Å²) in [5.74, 6) is -0.616. The zero-order valence-corrected chi connectivity index (χ0v) is 13.4. The number of carbonyl (C=O) groups excluding carboxylic acids is 2. The molecule has 0 aliphatic heterocycles. The number of rotatable bonds is 7. The molecule has 0 bridgehead atoms. The number of carbonyl (C=O) groups is 2. The van der Waals surface area contributed by atoms with E-state index in [1.807, 2.05) is 30.3 Å². The number of amides is 1. The van der Waals surface area contributed by atoms with Crippen LogP contribution in [0.2, 0.25) is 5.02 Å². The largest absolute Gasteiger partial charge is 0.465 e. The summed E-state index contributed by atoms with van der Waals surface area (Å²) >= 11 is 5.84. The van der Waals surface area contributed by atoms with E-state index in [0.29, 0.717) is 23.7 Å². The van der Waals surface area contributed by atoms with Crippen LogP contribution in [0.3, 0.4) is 0 Å². The lowest BCUT2D eigenvalue weighted by Crippen LogP contribution is -2.15. The number of nitrogens with one attached hydrogen (secondary N) is 1. The van der Waals surface area contributed by atoms with Gasteiger partial charge in [-0.05, 0) is 23.8 Å². The Bertz CT molecular complexity index is 658. The SMILES string of the molecule is O=C(CCC(=O)OCCc1ccccc1)Nc1cccc(Cl)c1. The normalized spacial score (nSPS) is 10.1. The van der Waals surface area contributed by atoms with Crippen molar-refractivity contribution in [2.45, 2.75) is 19.3 Å². The number of esters is 1. The molecular formula is C18H18ClNO3. The molecule has 0 heterocycles. The van der Waals surface area contributed by atoms with Crippen LogP contribution in [0.5, 0.6) is 0 Å². The van der Waals surface area contributed by atoms with Crippen LogP contribution >= 0.6 is 11.6 Å². The summed E-state index contributed by atoms with van der Waals surface area (Å²) in [4.78, 5) is 23.4. The molecule has 0 aliphatic carbocycles. The summed E-state index contributed by atoms with van der Waals surface area (Å²) in [6.07, 6.45) is 0.805. The maximum atomic E-state index is 11.8. The van der Waals surface area contributed by atoms with Crippen molar-refractivity contribution in [3.8, 4) is 0 Å². The molecule has 1 amide bonds. The van der Waals surface area contributed by atoms with Gasteiger partial charge in [-0.3, -0.25) is 9.59 Å². The highest BCUT2D eigenvalue weighted by atomic mass is 35.5. The van der Waals surface area contributed by atoms with E-state index in [4.69, 9.17) is 16.3 Å². The van der Waals surface area contributed by atoms with Gasteiger partial charge in [0.1, 0.15) is 0 Å². The van der Waals surface area contributed by atoms with Crippen LogP contribution in [0.1, 0.15) is 18.4 Å². The highest BCUT2D eigenvalue weighted by Crippen LogP contribution is 2.15. The minimum Gasteiger partial charge on any atom is -0.465 e. The Morgan fingerprint density at radius 1 is 1.00 bits per heavy atom. The van der Waals surface area contributed by atoms with Crippen molar-refractivity contribution >= 4 is 29.2 Å². The standard InChI is InChI=1S/C18H18ClNO3/c19-15-7-4-8-16(13-15)20-17(21)9-10-18(22)23-12-11-14-5-2-1-3-6-14/h1-8,13H,9-12H2,(H,20,21). The molecule has 23 heavy (non-hydrogen) atoms. The van der Waals surface area contributed by atoms with Crippen molar-refractivity contribution in [2.75, 3.05) is 11.9 Å². The van der Waals surface area contributed by atoms with E-state index in [-0.39, 0.29) is 24.7 Å². The Hall–Kier alpha value is -2.33. The highest BCUT2D eigenvalue weighted by molar-refractivity contribution is 6.30. The molecule has 4 nitrogen and oxygen atoms in total. The smallest absolute Gasteiger partial charge is 0.306 e. The Kier molecular flexibility index (Phi) is 6.63. The first-order chi connectivity index (χ1) is 11.1. The molecule has 0 saturated heterocycles. The van der Waals surface area contributed by atoms with Crippen LogP contribution in [0.15, 0.2) is 54.6 Å². The second kappa shape index (κ2) is 8.96. The molecule has 2 aromatic rings. The van der Waals surface area contributed by atoms with Crippen molar-refractivity contribution in [1.82, 2.24) is 0 Å². The van der Waals surface area contributed by atoms with Gasteiger partial charge in [0, 0.05) is 23.6 Å². The van der Waals surface area contributed by atoms with Crippen LogP contribution in [0.4, 0.5) is 5.69 Å². The Labute approximate surface area is 140 Å². The van der Waals surface area contributed by atoms with Gasteiger partial charge in [0.05, 0.1) is 13.0 Å². The maximum Gasteiger partial charge on any atom is 0.306 e. The molecule has 5 heteroatoms. The Morgan fingerprint density at radius 3 is 2.52 bits per heavy atom. The van der Waals surface area contributed by atoms with Crippen molar-refractivity contribution in [3.63, 3.8) is 0 Å². The van der Waals surface area contributed by atoms with E-state index < -0.39 is 0 Å². The summed E-state index contributed by atoms with van der Waals surface area (Å²) in [5.41, 5.74) is 1.72. The quantitative estimate of drug-likeness (QED) is 0.784. The molecule has 0 atom stereocenters. The Balaban J connectivity index is 1.65. The van der Waals surface area contributed by atoms with E-state index in [0.717, 1.165) is 5.56 Å². The van der Waals surface area contributed by atoms with Crippen LogP contribution in [0, 0.1) is 0 Å². The van der Waals surface area contributed by atoms with Crippen LogP contribution in [-0.4, -0.2) is 18.5 Å². The zero-order valence-electron chi connectivity index (χ0n) is 12.6. The number of hydrogen-bond acceptors (Lipinski definition) is 3.